The van der Waals surface area contributed by atoms with Gasteiger partial charge in [-0.25, -0.2) is 14.5 Å². The molecule has 1 aliphatic heterocycles. The van der Waals surface area contributed by atoms with Crippen molar-refractivity contribution in [3.05, 3.63) is 59.1 Å². The predicted molar refractivity (Wildman–Crippen MR) is 124 cm³/mol. The number of anilines is 2. The Balaban J connectivity index is 1.66. The molecule has 0 saturated carbocycles. The second-order valence-corrected chi connectivity index (χ2v) is 7.98. The summed E-state index contributed by atoms with van der Waals surface area (Å²) in [5.74, 6) is 2.70. The second-order valence-electron chi connectivity index (χ2n) is 7.54. The number of methoxy groups -OCH3 is 2. The van der Waals surface area contributed by atoms with Crippen molar-refractivity contribution in [1.82, 2.24) is 14.8 Å². The van der Waals surface area contributed by atoms with E-state index >= 15 is 0 Å². The van der Waals surface area contributed by atoms with Crippen LogP contribution in [-0.4, -0.2) is 35.0 Å². The molecule has 0 aliphatic carbocycles. The number of amides is 2. The van der Waals surface area contributed by atoms with E-state index in [4.69, 9.17) is 26.1 Å². The highest BCUT2D eigenvalue weighted by Gasteiger charge is 2.24. The van der Waals surface area contributed by atoms with Crippen molar-refractivity contribution in [3.8, 4) is 11.5 Å². The van der Waals surface area contributed by atoms with E-state index in [0.29, 0.717) is 33.7 Å². The molecule has 0 atom stereocenters. The Labute approximate surface area is 192 Å². The number of hydrogen-bond donors (Lipinski definition) is 1. The molecular weight excluding hydrogens is 430 g/mol. The van der Waals surface area contributed by atoms with Crippen LogP contribution in [0.3, 0.4) is 0 Å². The number of halogens is 1. The van der Waals surface area contributed by atoms with E-state index in [1.54, 1.807) is 61.6 Å². The SMILES string of the molecule is COc1ccc(N(Cc2nc3n(n2)CCCCC3)C(=O)Nc2ccc(Cl)cc2)c(OC)c1. The van der Waals surface area contributed by atoms with Crippen LogP contribution in [0.15, 0.2) is 42.5 Å². The Kier molecular flexibility index (Phi) is 6.80. The van der Waals surface area contributed by atoms with E-state index in [2.05, 4.69) is 10.4 Å². The number of nitrogens with zero attached hydrogens (tertiary/aromatic N) is 4. The average Bonchev–Trinajstić information content (AvgIpc) is 3.06. The monoisotopic (exact) mass is 455 g/mol. The molecule has 0 radical (unpaired) electrons. The van der Waals surface area contributed by atoms with Crippen LogP contribution in [0.25, 0.3) is 0 Å². The first-order valence-corrected chi connectivity index (χ1v) is 10.9. The lowest BCUT2D eigenvalue weighted by atomic mass is 10.2. The molecule has 0 saturated heterocycles. The van der Waals surface area contributed by atoms with E-state index in [1.807, 2.05) is 4.68 Å². The fourth-order valence-corrected chi connectivity index (χ4v) is 3.84. The first-order chi connectivity index (χ1) is 15.6. The molecule has 9 heteroatoms. The van der Waals surface area contributed by atoms with Crippen LogP contribution < -0.4 is 19.7 Å². The zero-order valence-electron chi connectivity index (χ0n) is 18.2. The lowest BCUT2D eigenvalue weighted by Gasteiger charge is -2.24. The van der Waals surface area contributed by atoms with Crippen molar-refractivity contribution >= 4 is 29.0 Å². The Hall–Kier alpha value is -3.26. The Morgan fingerprint density at radius 3 is 2.69 bits per heavy atom. The van der Waals surface area contributed by atoms with Gasteiger partial charge in [0, 0.05) is 29.7 Å². The topological polar surface area (TPSA) is 81.5 Å². The maximum absolute atomic E-state index is 13.4. The van der Waals surface area contributed by atoms with Gasteiger partial charge in [0.1, 0.15) is 17.3 Å². The van der Waals surface area contributed by atoms with Gasteiger partial charge in [-0.3, -0.25) is 4.90 Å². The van der Waals surface area contributed by atoms with Crippen LogP contribution in [0.5, 0.6) is 11.5 Å². The van der Waals surface area contributed by atoms with Gasteiger partial charge in [0.15, 0.2) is 5.82 Å². The molecule has 2 amide bonds. The third-order valence-electron chi connectivity index (χ3n) is 5.38. The van der Waals surface area contributed by atoms with E-state index < -0.39 is 0 Å². The maximum Gasteiger partial charge on any atom is 0.326 e. The number of rotatable bonds is 6. The summed E-state index contributed by atoms with van der Waals surface area (Å²) < 4.78 is 12.8. The molecule has 168 valence electrons. The lowest BCUT2D eigenvalue weighted by molar-refractivity contribution is 0.256. The second kappa shape index (κ2) is 9.91. The minimum atomic E-state index is -0.333. The van der Waals surface area contributed by atoms with E-state index in [9.17, 15) is 4.79 Å². The van der Waals surface area contributed by atoms with E-state index in [0.717, 1.165) is 31.6 Å². The van der Waals surface area contributed by atoms with Crippen molar-refractivity contribution < 1.29 is 14.3 Å². The summed E-state index contributed by atoms with van der Waals surface area (Å²) in [4.78, 5) is 19.6. The number of carbonyl (C=O) groups excluding carboxylic acids is 1. The number of aromatic nitrogens is 3. The standard InChI is InChI=1S/C23H26ClN5O3/c1-31-18-11-12-19(20(14-18)32-2)28(23(30)25-17-9-7-16(24)8-10-17)15-21-26-22-6-4-3-5-13-29(22)27-21/h7-12,14H,3-6,13,15H2,1-2H3,(H,25,30). The zero-order valence-corrected chi connectivity index (χ0v) is 18.9. The van der Waals surface area contributed by atoms with Gasteiger partial charge in [0.25, 0.3) is 0 Å². The predicted octanol–water partition coefficient (Wildman–Crippen LogP) is 4.91. The third-order valence-corrected chi connectivity index (χ3v) is 5.63. The summed E-state index contributed by atoms with van der Waals surface area (Å²) in [6.07, 6.45) is 4.27. The number of urea groups is 1. The fourth-order valence-electron chi connectivity index (χ4n) is 3.72. The summed E-state index contributed by atoms with van der Waals surface area (Å²) in [7, 11) is 3.15. The van der Waals surface area contributed by atoms with E-state index in [-0.39, 0.29) is 12.6 Å². The van der Waals surface area contributed by atoms with Gasteiger partial charge in [0.05, 0.1) is 26.5 Å². The van der Waals surface area contributed by atoms with Crippen molar-refractivity contribution in [1.29, 1.82) is 0 Å². The summed E-state index contributed by atoms with van der Waals surface area (Å²) >= 11 is 5.97. The van der Waals surface area contributed by atoms with Gasteiger partial charge in [-0.2, -0.15) is 5.10 Å². The van der Waals surface area contributed by atoms with Crippen LogP contribution >= 0.6 is 11.6 Å². The number of fused-ring (bicyclic) bond motifs is 1. The summed E-state index contributed by atoms with van der Waals surface area (Å²) in [5.41, 5.74) is 1.22. The Bertz CT molecular complexity index is 1060. The summed E-state index contributed by atoms with van der Waals surface area (Å²) in [6.45, 7) is 1.05. The summed E-state index contributed by atoms with van der Waals surface area (Å²) in [5, 5.41) is 8.18. The van der Waals surface area contributed by atoms with Gasteiger partial charge in [-0.1, -0.05) is 18.0 Å². The molecule has 2 aromatic carbocycles. The number of carbonyl (C=O) groups is 1. The zero-order chi connectivity index (χ0) is 22.5. The molecule has 0 bridgehead atoms. The van der Waals surface area contributed by atoms with Gasteiger partial charge in [0.2, 0.25) is 0 Å². The van der Waals surface area contributed by atoms with Crippen molar-refractivity contribution in [2.24, 2.45) is 0 Å². The molecule has 0 spiro atoms. The normalized spacial score (nSPS) is 13.1. The minimum absolute atomic E-state index is 0.197. The van der Waals surface area contributed by atoms with Crippen molar-refractivity contribution in [3.63, 3.8) is 0 Å². The number of benzene rings is 2. The van der Waals surface area contributed by atoms with Crippen molar-refractivity contribution in [2.45, 2.75) is 38.8 Å². The highest BCUT2D eigenvalue weighted by Crippen LogP contribution is 2.33. The van der Waals surface area contributed by atoms with Gasteiger partial charge in [-0.15, -0.1) is 0 Å². The molecule has 2 heterocycles. The molecule has 0 unspecified atom stereocenters. The van der Waals surface area contributed by atoms with E-state index in [1.165, 1.54) is 6.42 Å². The largest absolute Gasteiger partial charge is 0.497 e. The van der Waals surface area contributed by atoms with Crippen LogP contribution in [0.1, 0.15) is 30.9 Å². The molecule has 3 aromatic rings. The molecule has 1 aromatic heterocycles. The fraction of sp³-hybridized carbons (Fsp3) is 0.348. The average molecular weight is 456 g/mol. The van der Waals surface area contributed by atoms with Crippen LogP contribution in [0, 0.1) is 0 Å². The molecule has 1 N–H and O–H groups in total. The Morgan fingerprint density at radius 2 is 1.94 bits per heavy atom. The quantitative estimate of drug-likeness (QED) is 0.570. The first-order valence-electron chi connectivity index (χ1n) is 10.6. The van der Waals surface area contributed by atoms with Gasteiger partial charge < -0.3 is 14.8 Å². The number of nitrogens with one attached hydrogen (secondary N) is 1. The smallest absolute Gasteiger partial charge is 0.326 e. The first kappa shape index (κ1) is 22.0. The molecular formula is C23H26ClN5O3. The van der Waals surface area contributed by atoms with Crippen LogP contribution in [0.2, 0.25) is 5.02 Å². The highest BCUT2D eigenvalue weighted by molar-refractivity contribution is 6.30. The molecule has 8 nitrogen and oxygen atoms in total. The molecule has 4 rings (SSSR count). The maximum atomic E-state index is 13.4. The van der Waals surface area contributed by atoms with Gasteiger partial charge in [-0.05, 0) is 49.2 Å². The summed E-state index contributed by atoms with van der Waals surface area (Å²) in [6, 6.07) is 11.9. The Morgan fingerprint density at radius 1 is 1.12 bits per heavy atom. The number of hydrogen-bond acceptors (Lipinski definition) is 5. The highest BCUT2D eigenvalue weighted by atomic mass is 35.5. The molecule has 1 aliphatic rings. The molecule has 32 heavy (non-hydrogen) atoms. The van der Waals surface area contributed by atoms with Gasteiger partial charge >= 0.3 is 6.03 Å². The van der Waals surface area contributed by atoms with Crippen molar-refractivity contribution in [2.75, 3.05) is 24.4 Å². The van der Waals surface area contributed by atoms with Crippen LogP contribution in [-0.2, 0) is 19.5 Å². The number of ether oxygens (including phenoxy) is 2. The minimum Gasteiger partial charge on any atom is -0.497 e. The number of aryl methyl sites for hydroxylation is 2. The molecule has 0 fully saturated rings. The van der Waals surface area contributed by atoms with Crippen LogP contribution in [0.4, 0.5) is 16.2 Å². The third kappa shape index (κ3) is 4.96. The lowest BCUT2D eigenvalue weighted by Crippen LogP contribution is -2.35.